The molecule has 1 N–H and O–H groups in total. The fourth-order valence-electron chi connectivity index (χ4n) is 2.77. The summed E-state index contributed by atoms with van der Waals surface area (Å²) < 4.78 is 5.67. The van der Waals surface area contributed by atoms with Gasteiger partial charge in [0.05, 0.1) is 12.7 Å². The fraction of sp³-hybridized carbons (Fsp3) is 0.429. The number of benzene rings is 2. The Morgan fingerprint density at radius 1 is 0.826 bits per heavy atom. The third-order valence-corrected chi connectivity index (χ3v) is 4.01. The summed E-state index contributed by atoms with van der Waals surface area (Å²) in [4.78, 5) is 0. The van der Waals surface area contributed by atoms with E-state index in [1.54, 1.807) is 0 Å². The predicted molar refractivity (Wildman–Crippen MR) is 97.9 cm³/mol. The zero-order chi connectivity index (χ0) is 16.5. The zero-order valence-electron chi connectivity index (χ0n) is 14.5. The van der Waals surface area contributed by atoms with Crippen LogP contribution < -0.4 is 5.32 Å². The van der Waals surface area contributed by atoms with Crippen molar-refractivity contribution in [1.82, 2.24) is 5.32 Å². The van der Waals surface area contributed by atoms with Gasteiger partial charge in [-0.25, -0.2) is 0 Å². The molecule has 0 spiro atoms. The van der Waals surface area contributed by atoms with Gasteiger partial charge in [0.15, 0.2) is 0 Å². The van der Waals surface area contributed by atoms with Crippen LogP contribution in [0.4, 0.5) is 0 Å². The van der Waals surface area contributed by atoms with Crippen LogP contribution in [-0.2, 0) is 4.74 Å². The first-order valence-corrected chi connectivity index (χ1v) is 8.61. The van der Waals surface area contributed by atoms with Gasteiger partial charge in [-0.05, 0) is 44.9 Å². The maximum atomic E-state index is 5.67. The average molecular weight is 311 g/mol. The normalized spacial score (nSPS) is 12.7. The number of rotatable bonds is 9. The summed E-state index contributed by atoms with van der Waals surface area (Å²) in [6, 6.07) is 21.9. The highest BCUT2D eigenvalue weighted by atomic mass is 16.5. The molecule has 2 nitrogen and oxygen atoms in total. The lowest BCUT2D eigenvalue weighted by Gasteiger charge is -2.21. The van der Waals surface area contributed by atoms with E-state index in [2.05, 4.69) is 86.8 Å². The molecule has 0 saturated carbocycles. The van der Waals surface area contributed by atoms with Gasteiger partial charge in [0.2, 0.25) is 0 Å². The Balaban J connectivity index is 1.94. The predicted octanol–water partition coefficient (Wildman–Crippen LogP) is 4.61. The molecule has 2 aromatic rings. The summed E-state index contributed by atoms with van der Waals surface area (Å²) >= 11 is 0. The quantitative estimate of drug-likeness (QED) is 0.730. The van der Waals surface area contributed by atoms with E-state index in [9.17, 15) is 0 Å². The van der Waals surface area contributed by atoms with E-state index >= 15 is 0 Å². The topological polar surface area (TPSA) is 21.3 Å². The molecule has 1 atom stereocenters. The Morgan fingerprint density at radius 2 is 1.35 bits per heavy atom. The van der Waals surface area contributed by atoms with Crippen molar-refractivity contribution in [1.29, 1.82) is 0 Å². The van der Waals surface area contributed by atoms with E-state index in [0.29, 0.717) is 18.1 Å². The Hall–Kier alpha value is -1.64. The van der Waals surface area contributed by atoms with Crippen LogP contribution in [0.2, 0.25) is 0 Å². The fourth-order valence-corrected chi connectivity index (χ4v) is 2.77. The summed E-state index contributed by atoms with van der Waals surface area (Å²) in [5.74, 6) is 0.433. The first-order chi connectivity index (χ1) is 11.2. The van der Waals surface area contributed by atoms with Crippen LogP contribution in [0.25, 0.3) is 0 Å². The maximum absolute atomic E-state index is 5.67. The van der Waals surface area contributed by atoms with Crippen molar-refractivity contribution in [3.63, 3.8) is 0 Å². The smallest absolute Gasteiger partial charge is 0.0620 e. The summed E-state index contributed by atoms with van der Waals surface area (Å²) in [6.45, 7) is 8.08. The van der Waals surface area contributed by atoms with Crippen molar-refractivity contribution in [3.05, 3.63) is 71.8 Å². The van der Waals surface area contributed by atoms with Crippen molar-refractivity contribution in [3.8, 4) is 0 Å². The SMILES string of the molecule is CC(C)OC[C@H](C)NCCC(c1ccccc1)c1ccccc1. The van der Waals surface area contributed by atoms with Crippen LogP contribution in [0.5, 0.6) is 0 Å². The average Bonchev–Trinajstić information content (AvgIpc) is 2.58. The van der Waals surface area contributed by atoms with E-state index in [0.717, 1.165) is 19.6 Å². The first kappa shape index (κ1) is 17.7. The van der Waals surface area contributed by atoms with Gasteiger partial charge in [-0.3, -0.25) is 0 Å². The van der Waals surface area contributed by atoms with Gasteiger partial charge >= 0.3 is 0 Å². The van der Waals surface area contributed by atoms with Gasteiger partial charge in [0.1, 0.15) is 0 Å². The van der Waals surface area contributed by atoms with Gasteiger partial charge < -0.3 is 10.1 Å². The van der Waals surface area contributed by atoms with Crippen molar-refractivity contribution < 1.29 is 4.74 Å². The highest BCUT2D eigenvalue weighted by Gasteiger charge is 2.14. The van der Waals surface area contributed by atoms with Gasteiger partial charge in [-0.15, -0.1) is 0 Å². The third kappa shape index (κ3) is 6.17. The van der Waals surface area contributed by atoms with Crippen molar-refractivity contribution in [2.24, 2.45) is 0 Å². The molecule has 0 aliphatic heterocycles. The molecule has 2 heteroatoms. The van der Waals surface area contributed by atoms with Crippen molar-refractivity contribution in [2.45, 2.75) is 45.3 Å². The zero-order valence-corrected chi connectivity index (χ0v) is 14.5. The van der Waals surface area contributed by atoms with E-state index in [1.165, 1.54) is 11.1 Å². The minimum Gasteiger partial charge on any atom is -0.377 e. The second-order valence-corrected chi connectivity index (χ2v) is 6.40. The van der Waals surface area contributed by atoms with Gasteiger partial charge in [-0.1, -0.05) is 60.7 Å². The summed E-state index contributed by atoms with van der Waals surface area (Å²) in [5, 5.41) is 3.58. The highest BCUT2D eigenvalue weighted by molar-refractivity contribution is 5.32. The van der Waals surface area contributed by atoms with Crippen molar-refractivity contribution >= 4 is 0 Å². The Labute approximate surface area is 140 Å². The molecule has 0 amide bonds. The molecule has 124 valence electrons. The summed E-state index contributed by atoms with van der Waals surface area (Å²) in [6.07, 6.45) is 1.38. The molecule has 0 saturated heterocycles. The second-order valence-electron chi connectivity index (χ2n) is 6.40. The largest absolute Gasteiger partial charge is 0.377 e. The molecule has 0 fully saturated rings. The number of hydrogen-bond acceptors (Lipinski definition) is 2. The molecule has 0 bridgehead atoms. The van der Waals surface area contributed by atoms with Crippen LogP contribution in [-0.4, -0.2) is 25.3 Å². The van der Waals surface area contributed by atoms with Crippen molar-refractivity contribution in [2.75, 3.05) is 13.2 Å². The molecular weight excluding hydrogens is 282 g/mol. The minimum absolute atomic E-state index is 0.292. The highest BCUT2D eigenvalue weighted by Crippen LogP contribution is 2.27. The van der Waals surface area contributed by atoms with Crippen LogP contribution in [0, 0.1) is 0 Å². The van der Waals surface area contributed by atoms with E-state index in [1.807, 2.05) is 0 Å². The first-order valence-electron chi connectivity index (χ1n) is 8.61. The molecule has 0 heterocycles. The van der Waals surface area contributed by atoms with E-state index < -0.39 is 0 Å². The lowest BCUT2D eigenvalue weighted by atomic mass is 9.88. The van der Waals surface area contributed by atoms with E-state index in [4.69, 9.17) is 4.74 Å². The Bertz CT molecular complexity index is 499. The molecule has 2 rings (SSSR count). The molecule has 0 unspecified atom stereocenters. The third-order valence-electron chi connectivity index (χ3n) is 4.01. The molecule has 0 aliphatic carbocycles. The minimum atomic E-state index is 0.292. The number of ether oxygens (including phenoxy) is 1. The van der Waals surface area contributed by atoms with Crippen LogP contribution in [0.15, 0.2) is 60.7 Å². The van der Waals surface area contributed by atoms with Gasteiger partial charge in [0.25, 0.3) is 0 Å². The Kier molecular flexibility index (Phi) is 7.31. The summed E-state index contributed by atoms with van der Waals surface area (Å²) in [7, 11) is 0. The monoisotopic (exact) mass is 311 g/mol. The van der Waals surface area contributed by atoms with Crippen LogP contribution >= 0.6 is 0 Å². The molecular formula is C21H29NO. The second kappa shape index (κ2) is 9.49. The lowest BCUT2D eigenvalue weighted by Crippen LogP contribution is -2.33. The molecule has 0 aliphatic rings. The Morgan fingerprint density at radius 3 is 1.83 bits per heavy atom. The number of nitrogens with one attached hydrogen (secondary N) is 1. The van der Waals surface area contributed by atoms with Gasteiger partial charge in [-0.2, -0.15) is 0 Å². The molecule has 23 heavy (non-hydrogen) atoms. The lowest BCUT2D eigenvalue weighted by molar-refractivity contribution is 0.0645. The number of hydrogen-bond donors (Lipinski definition) is 1. The maximum Gasteiger partial charge on any atom is 0.0620 e. The molecule has 0 aromatic heterocycles. The molecule has 0 radical (unpaired) electrons. The van der Waals surface area contributed by atoms with Crippen LogP contribution in [0.1, 0.15) is 44.2 Å². The summed E-state index contributed by atoms with van der Waals surface area (Å²) in [5.41, 5.74) is 2.76. The van der Waals surface area contributed by atoms with Crippen LogP contribution in [0.3, 0.4) is 0 Å². The van der Waals surface area contributed by atoms with Gasteiger partial charge in [0, 0.05) is 12.0 Å². The molecule has 2 aromatic carbocycles. The standard InChI is InChI=1S/C21H29NO/c1-17(2)23-16-18(3)22-15-14-21(19-10-6-4-7-11-19)20-12-8-5-9-13-20/h4-13,17-18,21-22H,14-16H2,1-3H3/t18-/m0/s1. The van der Waals surface area contributed by atoms with E-state index in [-0.39, 0.29) is 0 Å².